The van der Waals surface area contributed by atoms with E-state index in [1.165, 1.54) is 0 Å². The highest BCUT2D eigenvalue weighted by atomic mass is 16.5. The molecule has 0 fully saturated rings. The molecule has 3 rings (SSSR count). The van der Waals surface area contributed by atoms with Crippen LogP contribution in [0, 0.1) is 5.92 Å². The molecule has 1 heterocycles. The average molecular weight is 451 g/mol. The second-order valence-corrected chi connectivity index (χ2v) is 7.87. The molecule has 0 aliphatic carbocycles. The zero-order valence-electron chi connectivity index (χ0n) is 19.5. The van der Waals surface area contributed by atoms with Gasteiger partial charge < -0.3 is 24.3 Å². The fourth-order valence-electron chi connectivity index (χ4n) is 3.05. The lowest BCUT2D eigenvalue weighted by atomic mass is 10.1. The number of aromatic nitrogens is 1. The average Bonchev–Trinajstić information content (AvgIpc) is 2.83. The van der Waals surface area contributed by atoms with Crippen LogP contribution in [0.2, 0.25) is 0 Å². The molecule has 0 spiro atoms. The maximum absolute atomic E-state index is 12.9. The standard InChI is InChI=1S/C26H30N2O5/c1-18(2)11-13-32-23-9-7-20(14-24(23)31-4)26(29)28-21-8-10-22(30-3)25(15-21)33-17-19-6-5-12-27-16-19/h5-10,12,14-16,18H,11,13,17H2,1-4H3,(H,28,29). The second-order valence-electron chi connectivity index (χ2n) is 7.87. The summed E-state index contributed by atoms with van der Waals surface area (Å²) in [5, 5.41) is 2.89. The van der Waals surface area contributed by atoms with Crippen molar-refractivity contribution in [3.05, 3.63) is 72.1 Å². The number of nitrogens with one attached hydrogen (secondary N) is 1. The lowest BCUT2D eigenvalue weighted by molar-refractivity contribution is 0.102. The fraction of sp³-hybridized carbons (Fsp3) is 0.308. The molecule has 0 radical (unpaired) electrons. The quantitative estimate of drug-likeness (QED) is 0.424. The molecule has 1 aromatic heterocycles. The topological polar surface area (TPSA) is 78.9 Å². The van der Waals surface area contributed by atoms with Crippen LogP contribution < -0.4 is 24.3 Å². The van der Waals surface area contributed by atoms with E-state index in [9.17, 15) is 4.79 Å². The Bertz CT molecular complexity index is 1050. The third-order valence-corrected chi connectivity index (χ3v) is 4.92. The van der Waals surface area contributed by atoms with Gasteiger partial charge in [0.25, 0.3) is 5.91 Å². The Kier molecular flexibility index (Phi) is 8.52. The summed E-state index contributed by atoms with van der Waals surface area (Å²) in [7, 11) is 3.13. The van der Waals surface area contributed by atoms with Crippen LogP contribution in [-0.2, 0) is 6.61 Å². The van der Waals surface area contributed by atoms with Gasteiger partial charge in [-0.25, -0.2) is 0 Å². The van der Waals surface area contributed by atoms with Crippen molar-refractivity contribution in [2.45, 2.75) is 26.9 Å². The van der Waals surface area contributed by atoms with Crippen LogP contribution in [-0.4, -0.2) is 31.7 Å². The van der Waals surface area contributed by atoms with Crippen LogP contribution >= 0.6 is 0 Å². The van der Waals surface area contributed by atoms with Crippen LogP contribution in [0.5, 0.6) is 23.0 Å². The van der Waals surface area contributed by atoms with E-state index in [0.717, 1.165) is 12.0 Å². The molecule has 33 heavy (non-hydrogen) atoms. The van der Waals surface area contributed by atoms with Crippen LogP contribution in [0.25, 0.3) is 0 Å². The number of nitrogens with zero attached hydrogens (tertiary/aromatic N) is 1. The van der Waals surface area contributed by atoms with E-state index in [1.807, 2.05) is 12.1 Å². The number of carbonyl (C=O) groups excluding carboxylic acids is 1. The highest BCUT2D eigenvalue weighted by molar-refractivity contribution is 6.04. The fourth-order valence-corrected chi connectivity index (χ4v) is 3.05. The van der Waals surface area contributed by atoms with Crippen molar-refractivity contribution in [3.63, 3.8) is 0 Å². The lowest BCUT2D eigenvalue weighted by Gasteiger charge is -2.14. The highest BCUT2D eigenvalue weighted by Gasteiger charge is 2.14. The molecule has 174 valence electrons. The molecule has 0 aliphatic heterocycles. The number of pyridine rings is 1. The van der Waals surface area contributed by atoms with Gasteiger partial charge in [-0.2, -0.15) is 0 Å². The highest BCUT2D eigenvalue weighted by Crippen LogP contribution is 2.32. The molecule has 0 saturated heterocycles. The Balaban J connectivity index is 1.70. The van der Waals surface area contributed by atoms with Gasteiger partial charge in [-0.3, -0.25) is 9.78 Å². The maximum Gasteiger partial charge on any atom is 0.255 e. The molecule has 0 unspecified atom stereocenters. The second kappa shape index (κ2) is 11.8. The van der Waals surface area contributed by atoms with Gasteiger partial charge in [0.15, 0.2) is 23.0 Å². The van der Waals surface area contributed by atoms with Gasteiger partial charge >= 0.3 is 0 Å². The summed E-state index contributed by atoms with van der Waals surface area (Å²) in [6.07, 6.45) is 4.38. The zero-order valence-corrected chi connectivity index (χ0v) is 19.5. The van der Waals surface area contributed by atoms with Crippen molar-refractivity contribution in [2.24, 2.45) is 5.92 Å². The predicted octanol–water partition coefficient (Wildman–Crippen LogP) is 5.36. The molecule has 3 aromatic rings. The predicted molar refractivity (Wildman–Crippen MR) is 127 cm³/mol. The third kappa shape index (κ3) is 6.87. The van der Waals surface area contributed by atoms with E-state index in [2.05, 4.69) is 24.1 Å². The van der Waals surface area contributed by atoms with E-state index in [4.69, 9.17) is 18.9 Å². The van der Waals surface area contributed by atoms with Gasteiger partial charge in [0.1, 0.15) is 6.61 Å². The molecular weight excluding hydrogens is 420 g/mol. The molecule has 0 bridgehead atoms. The number of amides is 1. The first kappa shape index (κ1) is 23.9. The number of benzene rings is 2. The summed E-state index contributed by atoms with van der Waals surface area (Å²) >= 11 is 0. The smallest absolute Gasteiger partial charge is 0.255 e. The van der Waals surface area contributed by atoms with Crippen molar-refractivity contribution in [1.82, 2.24) is 4.98 Å². The molecule has 2 aromatic carbocycles. The van der Waals surface area contributed by atoms with Crippen molar-refractivity contribution < 1.29 is 23.7 Å². The minimum absolute atomic E-state index is 0.273. The van der Waals surface area contributed by atoms with Gasteiger partial charge in [-0.15, -0.1) is 0 Å². The van der Waals surface area contributed by atoms with Crippen LogP contribution in [0.3, 0.4) is 0 Å². The maximum atomic E-state index is 12.9. The lowest BCUT2D eigenvalue weighted by Crippen LogP contribution is -2.12. The zero-order chi connectivity index (χ0) is 23.6. The third-order valence-electron chi connectivity index (χ3n) is 4.92. The number of anilines is 1. The first-order valence-electron chi connectivity index (χ1n) is 10.8. The summed E-state index contributed by atoms with van der Waals surface area (Å²) < 4.78 is 22.5. The summed E-state index contributed by atoms with van der Waals surface area (Å²) in [4.78, 5) is 16.9. The Labute approximate surface area is 194 Å². The summed E-state index contributed by atoms with van der Waals surface area (Å²) in [5.74, 6) is 2.49. The monoisotopic (exact) mass is 450 g/mol. The van der Waals surface area contributed by atoms with Crippen LogP contribution in [0.15, 0.2) is 60.9 Å². The SMILES string of the molecule is COc1cc(C(=O)Nc2ccc(OC)c(OCc3cccnc3)c2)ccc1OCCC(C)C. The number of hydrogen-bond donors (Lipinski definition) is 1. The van der Waals surface area contributed by atoms with E-state index in [0.29, 0.717) is 53.4 Å². The molecule has 0 atom stereocenters. The molecule has 1 amide bonds. The number of methoxy groups -OCH3 is 2. The number of hydrogen-bond acceptors (Lipinski definition) is 6. The Morgan fingerprint density at radius 2 is 1.73 bits per heavy atom. The van der Waals surface area contributed by atoms with Gasteiger partial charge in [0.05, 0.1) is 20.8 Å². The molecule has 7 nitrogen and oxygen atoms in total. The summed E-state index contributed by atoms with van der Waals surface area (Å²) in [6.45, 7) is 5.20. The van der Waals surface area contributed by atoms with Crippen molar-refractivity contribution in [1.29, 1.82) is 0 Å². The normalized spacial score (nSPS) is 10.6. The van der Waals surface area contributed by atoms with Crippen LogP contribution in [0.1, 0.15) is 36.2 Å². The van der Waals surface area contributed by atoms with E-state index in [1.54, 1.807) is 63.0 Å². The number of carbonyl (C=O) groups is 1. The minimum Gasteiger partial charge on any atom is -0.493 e. The Hall–Kier alpha value is -3.74. The minimum atomic E-state index is -0.273. The Morgan fingerprint density at radius 3 is 2.42 bits per heavy atom. The van der Waals surface area contributed by atoms with Crippen molar-refractivity contribution in [2.75, 3.05) is 26.1 Å². The molecule has 0 aliphatic rings. The van der Waals surface area contributed by atoms with Gasteiger partial charge in [-0.1, -0.05) is 19.9 Å². The molecule has 0 saturated carbocycles. The van der Waals surface area contributed by atoms with E-state index >= 15 is 0 Å². The van der Waals surface area contributed by atoms with E-state index in [-0.39, 0.29) is 5.91 Å². The van der Waals surface area contributed by atoms with Crippen molar-refractivity contribution >= 4 is 11.6 Å². The number of rotatable bonds is 11. The Morgan fingerprint density at radius 1 is 0.939 bits per heavy atom. The largest absolute Gasteiger partial charge is 0.493 e. The van der Waals surface area contributed by atoms with E-state index < -0.39 is 0 Å². The number of ether oxygens (including phenoxy) is 4. The van der Waals surface area contributed by atoms with Gasteiger partial charge in [0, 0.05) is 35.3 Å². The van der Waals surface area contributed by atoms with Gasteiger partial charge in [0.2, 0.25) is 0 Å². The van der Waals surface area contributed by atoms with Gasteiger partial charge in [-0.05, 0) is 48.7 Å². The van der Waals surface area contributed by atoms with Crippen LogP contribution in [0.4, 0.5) is 5.69 Å². The first-order chi connectivity index (χ1) is 16.0. The molecule has 1 N–H and O–H groups in total. The summed E-state index contributed by atoms with van der Waals surface area (Å²) in [5.41, 5.74) is 1.96. The molecule has 7 heteroatoms. The first-order valence-corrected chi connectivity index (χ1v) is 10.8. The van der Waals surface area contributed by atoms with Crippen molar-refractivity contribution in [3.8, 4) is 23.0 Å². The molecular formula is C26H30N2O5. The summed E-state index contributed by atoms with van der Waals surface area (Å²) in [6, 6.07) is 14.2.